The molecule has 0 aliphatic heterocycles. The van der Waals surface area contributed by atoms with Gasteiger partial charge in [-0.1, -0.05) is 36.0 Å². The van der Waals surface area contributed by atoms with E-state index in [9.17, 15) is 9.18 Å². The molecule has 3 aromatic rings. The monoisotopic (exact) mass is 368 g/mol. The van der Waals surface area contributed by atoms with Crippen LogP contribution in [0.2, 0.25) is 0 Å². The van der Waals surface area contributed by atoms with Crippen molar-refractivity contribution in [3.63, 3.8) is 0 Å². The minimum atomic E-state index is -0.560. The lowest BCUT2D eigenvalue weighted by molar-refractivity contribution is -0.115. The smallest absolute Gasteiger partial charge is 0.277 e. The van der Waals surface area contributed by atoms with Crippen LogP contribution in [-0.4, -0.2) is 21.4 Å². The molecule has 0 bridgehead atoms. The Kier molecular flexibility index (Phi) is 5.29. The number of thioether (sulfide) groups is 1. The maximum absolute atomic E-state index is 13.8. The molecule has 1 atom stereocenters. The summed E-state index contributed by atoms with van der Waals surface area (Å²) in [4.78, 5) is 12.3. The van der Waals surface area contributed by atoms with Gasteiger partial charge in [0.25, 0.3) is 11.1 Å². The number of hydrogen-bond acceptors (Lipinski definition) is 6. The predicted molar refractivity (Wildman–Crippen MR) is 94.8 cm³/mol. The molecule has 26 heavy (non-hydrogen) atoms. The molecule has 8 heteroatoms. The van der Waals surface area contributed by atoms with Gasteiger partial charge in [-0.15, -0.1) is 10.2 Å². The minimum Gasteiger partial charge on any atom is -0.411 e. The summed E-state index contributed by atoms with van der Waals surface area (Å²) in [5, 5.41) is 19.0. The van der Waals surface area contributed by atoms with Gasteiger partial charge >= 0.3 is 0 Å². The van der Waals surface area contributed by atoms with E-state index in [1.807, 2.05) is 6.07 Å². The van der Waals surface area contributed by atoms with Gasteiger partial charge in [0.2, 0.25) is 5.91 Å². The van der Waals surface area contributed by atoms with Crippen molar-refractivity contribution in [3.05, 3.63) is 59.9 Å². The number of halogens is 1. The molecule has 0 radical (unpaired) electrons. The van der Waals surface area contributed by atoms with Gasteiger partial charge in [-0.05, 0) is 31.2 Å². The molecule has 2 aromatic carbocycles. The highest BCUT2D eigenvalue weighted by Crippen LogP contribution is 2.28. The van der Waals surface area contributed by atoms with Crippen LogP contribution in [0.5, 0.6) is 0 Å². The molecular formula is C18H13FN4O2S. The normalized spacial score (nSPS) is 11.6. The van der Waals surface area contributed by atoms with Gasteiger partial charge in [-0.3, -0.25) is 4.79 Å². The number of para-hydroxylation sites is 1. The fraction of sp³-hybridized carbons (Fsp3) is 0.111. The largest absolute Gasteiger partial charge is 0.411 e. The van der Waals surface area contributed by atoms with Gasteiger partial charge in [-0.2, -0.15) is 5.26 Å². The first-order valence-electron chi connectivity index (χ1n) is 7.63. The van der Waals surface area contributed by atoms with E-state index in [1.54, 1.807) is 43.3 Å². The molecule has 0 aliphatic rings. The summed E-state index contributed by atoms with van der Waals surface area (Å²) in [7, 11) is 0. The van der Waals surface area contributed by atoms with Crippen molar-refractivity contribution in [1.82, 2.24) is 10.2 Å². The van der Waals surface area contributed by atoms with E-state index in [0.29, 0.717) is 11.3 Å². The van der Waals surface area contributed by atoms with Crippen LogP contribution in [-0.2, 0) is 4.79 Å². The summed E-state index contributed by atoms with van der Waals surface area (Å²) in [6.45, 7) is 1.67. The molecule has 1 aromatic heterocycles. The topological polar surface area (TPSA) is 91.8 Å². The number of nitrogens with one attached hydrogen (secondary N) is 1. The molecule has 3 rings (SSSR count). The maximum atomic E-state index is 13.8. The van der Waals surface area contributed by atoms with Crippen molar-refractivity contribution >= 4 is 23.4 Å². The van der Waals surface area contributed by atoms with Crippen LogP contribution in [0.25, 0.3) is 11.5 Å². The van der Waals surface area contributed by atoms with Gasteiger partial charge in [-0.25, -0.2) is 4.39 Å². The van der Waals surface area contributed by atoms with E-state index >= 15 is 0 Å². The number of nitrogens with zero attached hydrogens (tertiary/aromatic N) is 3. The van der Waals surface area contributed by atoms with Gasteiger partial charge in [0.15, 0.2) is 0 Å². The molecule has 1 amide bonds. The van der Waals surface area contributed by atoms with E-state index in [2.05, 4.69) is 15.5 Å². The number of hydrogen-bond donors (Lipinski definition) is 1. The summed E-state index contributed by atoms with van der Waals surface area (Å²) in [6, 6.07) is 14.8. The van der Waals surface area contributed by atoms with Gasteiger partial charge in [0.1, 0.15) is 11.9 Å². The van der Waals surface area contributed by atoms with E-state index in [4.69, 9.17) is 9.68 Å². The van der Waals surface area contributed by atoms with Crippen molar-refractivity contribution in [2.45, 2.75) is 17.4 Å². The van der Waals surface area contributed by atoms with Crippen LogP contribution in [0.15, 0.2) is 58.2 Å². The lowest BCUT2D eigenvalue weighted by Crippen LogP contribution is -2.22. The van der Waals surface area contributed by atoms with Gasteiger partial charge < -0.3 is 9.73 Å². The third kappa shape index (κ3) is 3.90. The number of carbonyl (C=O) groups is 1. The van der Waals surface area contributed by atoms with Crippen LogP contribution in [0.1, 0.15) is 12.5 Å². The Hall–Kier alpha value is -3.18. The lowest BCUT2D eigenvalue weighted by Gasteiger charge is -2.10. The molecule has 0 spiro atoms. The van der Waals surface area contributed by atoms with Gasteiger partial charge in [0.05, 0.1) is 22.1 Å². The van der Waals surface area contributed by atoms with Crippen LogP contribution in [0.4, 0.5) is 10.1 Å². The van der Waals surface area contributed by atoms with Crippen molar-refractivity contribution in [3.8, 4) is 17.5 Å². The zero-order chi connectivity index (χ0) is 18.5. The molecule has 6 nitrogen and oxygen atoms in total. The van der Waals surface area contributed by atoms with E-state index in [0.717, 1.165) is 11.8 Å². The standard InChI is InChI=1S/C18H13FN4O2S/c1-11(16(24)21-15-9-5-2-6-12(15)10-20)26-18-23-22-17(25-18)13-7-3-4-8-14(13)19/h2-9,11H,1H3,(H,21,24)/t11-/m1/s1. The first-order chi connectivity index (χ1) is 12.6. The van der Waals surface area contributed by atoms with Crippen LogP contribution < -0.4 is 5.32 Å². The Bertz CT molecular complexity index is 983. The summed E-state index contributed by atoms with van der Waals surface area (Å²) in [5.74, 6) is -0.733. The van der Waals surface area contributed by atoms with Crippen molar-refractivity contribution in [2.24, 2.45) is 0 Å². The number of amides is 1. The number of aromatic nitrogens is 2. The number of anilines is 1. The minimum absolute atomic E-state index is 0.0491. The summed E-state index contributed by atoms with van der Waals surface area (Å²) >= 11 is 1.05. The molecule has 0 saturated carbocycles. The fourth-order valence-electron chi connectivity index (χ4n) is 2.13. The van der Waals surface area contributed by atoms with E-state index in [-0.39, 0.29) is 22.6 Å². The third-order valence-corrected chi connectivity index (χ3v) is 4.40. The molecule has 0 unspecified atom stereocenters. The Labute approximate surface area is 153 Å². The number of benzene rings is 2. The number of carbonyl (C=O) groups excluding carboxylic acids is 1. The molecule has 0 saturated heterocycles. The van der Waals surface area contributed by atoms with Crippen LogP contribution in [0, 0.1) is 17.1 Å². The molecule has 130 valence electrons. The third-order valence-electron chi connectivity index (χ3n) is 3.46. The molecule has 0 fully saturated rings. The van der Waals surface area contributed by atoms with E-state index < -0.39 is 11.1 Å². The second-order valence-electron chi connectivity index (χ2n) is 5.26. The Morgan fingerprint density at radius 2 is 1.96 bits per heavy atom. The second kappa shape index (κ2) is 7.80. The SMILES string of the molecule is C[C@@H](Sc1nnc(-c2ccccc2F)o1)C(=O)Nc1ccccc1C#N. The van der Waals surface area contributed by atoms with E-state index in [1.165, 1.54) is 12.1 Å². The summed E-state index contributed by atoms with van der Waals surface area (Å²) in [6.07, 6.45) is 0. The zero-order valence-electron chi connectivity index (χ0n) is 13.6. The first kappa shape index (κ1) is 17.6. The zero-order valence-corrected chi connectivity index (χ0v) is 14.5. The second-order valence-corrected chi connectivity index (χ2v) is 6.55. The highest BCUT2D eigenvalue weighted by molar-refractivity contribution is 8.00. The molecule has 1 N–H and O–H groups in total. The number of nitriles is 1. The Morgan fingerprint density at radius 1 is 1.23 bits per heavy atom. The molecule has 1 heterocycles. The average molecular weight is 368 g/mol. The maximum Gasteiger partial charge on any atom is 0.277 e. The quantitative estimate of drug-likeness (QED) is 0.688. The van der Waals surface area contributed by atoms with Crippen LogP contribution >= 0.6 is 11.8 Å². The lowest BCUT2D eigenvalue weighted by atomic mass is 10.2. The average Bonchev–Trinajstić information content (AvgIpc) is 3.10. The summed E-state index contributed by atoms with van der Waals surface area (Å²) < 4.78 is 19.2. The first-order valence-corrected chi connectivity index (χ1v) is 8.51. The highest BCUT2D eigenvalue weighted by Gasteiger charge is 2.20. The van der Waals surface area contributed by atoms with Crippen molar-refractivity contribution in [1.29, 1.82) is 5.26 Å². The Morgan fingerprint density at radius 3 is 2.73 bits per heavy atom. The van der Waals surface area contributed by atoms with Crippen molar-refractivity contribution in [2.75, 3.05) is 5.32 Å². The molecular weight excluding hydrogens is 355 g/mol. The Balaban J connectivity index is 1.69. The number of rotatable bonds is 5. The highest BCUT2D eigenvalue weighted by atomic mass is 32.2. The predicted octanol–water partition coefficient (Wildman–Crippen LogP) is 3.87. The summed E-state index contributed by atoms with van der Waals surface area (Å²) in [5.41, 5.74) is 1.01. The fourth-order valence-corrected chi connectivity index (χ4v) is 2.81. The van der Waals surface area contributed by atoms with Gasteiger partial charge in [0, 0.05) is 0 Å². The van der Waals surface area contributed by atoms with Crippen molar-refractivity contribution < 1.29 is 13.6 Å². The molecule has 0 aliphatic carbocycles. The van der Waals surface area contributed by atoms with Crippen LogP contribution in [0.3, 0.4) is 0 Å².